The molecule has 0 saturated carbocycles. The molecule has 21 heteroatoms. The van der Waals surface area contributed by atoms with Gasteiger partial charge in [0.1, 0.15) is 97.7 Å². The molecule has 0 spiro atoms. The SMILES string of the molecule is CCCO[C@H]1[C@H](O)[C@@H](O)[C@@H](OC[C@H]2O[C@H](OC[C@H]3O[C@H](OC)[C@H](O)[C@@H](O)[C@@H]3OCC)[C@H](O)[C@@H](O)[C@@H]2OCCC)O[C@@H]1CO[C@H]1O[C@H](COC)[C@@H](O)[C@H](O)[C@H]1O. The van der Waals surface area contributed by atoms with E-state index in [2.05, 4.69) is 0 Å². The summed E-state index contributed by atoms with van der Waals surface area (Å²) in [4.78, 5) is 0. The Bertz CT molecular complexity index is 1080. The Morgan fingerprint density at radius 2 is 0.745 bits per heavy atom. The van der Waals surface area contributed by atoms with Gasteiger partial charge in [-0.15, -0.1) is 0 Å². The fourth-order valence-electron chi connectivity index (χ4n) is 6.83. The molecule has 20 atom stereocenters. The molecule has 21 nitrogen and oxygen atoms in total. The third-order valence-corrected chi connectivity index (χ3v) is 9.82. The molecule has 55 heavy (non-hydrogen) atoms. The van der Waals surface area contributed by atoms with E-state index in [9.17, 15) is 46.0 Å². The van der Waals surface area contributed by atoms with Crippen molar-refractivity contribution in [1.82, 2.24) is 0 Å². The van der Waals surface area contributed by atoms with Gasteiger partial charge >= 0.3 is 0 Å². The van der Waals surface area contributed by atoms with E-state index in [0.717, 1.165) is 0 Å². The van der Waals surface area contributed by atoms with Crippen molar-refractivity contribution in [3.05, 3.63) is 0 Å². The Balaban J connectivity index is 1.46. The quantitative estimate of drug-likeness (QED) is 0.0560. The fraction of sp³-hybridized carbons (Fsp3) is 1.00. The van der Waals surface area contributed by atoms with Crippen LogP contribution in [0.2, 0.25) is 0 Å². The molecule has 324 valence electrons. The summed E-state index contributed by atoms with van der Waals surface area (Å²) < 4.78 is 68.4. The van der Waals surface area contributed by atoms with E-state index in [1.165, 1.54) is 14.2 Å². The van der Waals surface area contributed by atoms with Gasteiger partial charge in [0.05, 0.1) is 26.4 Å². The van der Waals surface area contributed by atoms with Crippen molar-refractivity contribution in [1.29, 1.82) is 0 Å². The van der Waals surface area contributed by atoms with Crippen LogP contribution in [0, 0.1) is 0 Å². The van der Waals surface area contributed by atoms with Crippen molar-refractivity contribution in [3.63, 3.8) is 0 Å². The van der Waals surface area contributed by atoms with Crippen LogP contribution in [-0.2, 0) is 56.8 Å². The molecule has 4 heterocycles. The van der Waals surface area contributed by atoms with Gasteiger partial charge < -0.3 is 103 Å². The minimum absolute atomic E-state index is 0.110. The predicted molar refractivity (Wildman–Crippen MR) is 181 cm³/mol. The number of hydrogen-bond acceptors (Lipinski definition) is 21. The standard InChI is InChI=1S/C34H62O21/c1-6-9-47-29-17(13-49-32-24(40)20(36)19(35)15(52-32)11-44-4)54-34(27(43)23(29)39)51-14-18-30(48-10-7-2)22(38)26(42)33(55-18)50-12-16-28(46-8-3)21(37)25(41)31(45-5)53-16/h15-43H,6-14H2,1-5H3/t15-,16-,17-,18-,19-,20+,21-,22-,23-,24-,25-,26-,27-,28-,29-,30-,31+,32+,33+,34+/m1/s1. The monoisotopic (exact) mass is 806 g/mol. The summed E-state index contributed by atoms with van der Waals surface area (Å²) in [6, 6.07) is 0. The summed E-state index contributed by atoms with van der Waals surface area (Å²) in [6.07, 6.45) is -26.1. The maximum atomic E-state index is 11.2. The molecule has 4 saturated heterocycles. The summed E-state index contributed by atoms with van der Waals surface area (Å²) in [5, 5.41) is 96.6. The zero-order valence-electron chi connectivity index (χ0n) is 31.8. The van der Waals surface area contributed by atoms with Crippen molar-refractivity contribution in [2.24, 2.45) is 0 Å². The Hall–Kier alpha value is -0.840. The third kappa shape index (κ3) is 11.5. The van der Waals surface area contributed by atoms with E-state index in [1.54, 1.807) is 6.92 Å². The number of hydrogen-bond donors (Lipinski definition) is 9. The lowest BCUT2D eigenvalue weighted by Gasteiger charge is -2.46. The first-order valence-electron chi connectivity index (χ1n) is 18.8. The molecule has 0 aliphatic carbocycles. The summed E-state index contributed by atoms with van der Waals surface area (Å²) in [6.45, 7) is 4.63. The Morgan fingerprint density at radius 1 is 0.382 bits per heavy atom. The van der Waals surface area contributed by atoms with E-state index < -0.39 is 136 Å². The Kier molecular flexibility index (Phi) is 19.2. The van der Waals surface area contributed by atoms with Crippen LogP contribution in [0.3, 0.4) is 0 Å². The highest BCUT2D eigenvalue weighted by Crippen LogP contribution is 2.31. The highest BCUT2D eigenvalue weighted by molar-refractivity contribution is 4.95. The van der Waals surface area contributed by atoms with Crippen molar-refractivity contribution in [3.8, 4) is 0 Å². The number of ether oxygens (including phenoxy) is 12. The van der Waals surface area contributed by atoms with Crippen molar-refractivity contribution in [2.45, 2.75) is 156 Å². The van der Waals surface area contributed by atoms with E-state index in [0.29, 0.717) is 12.8 Å². The largest absolute Gasteiger partial charge is 0.387 e. The second-order valence-electron chi connectivity index (χ2n) is 13.9. The van der Waals surface area contributed by atoms with Gasteiger partial charge in [-0.2, -0.15) is 0 Å². The maximum absolute atomic E-state index is 11.2. The van der Waals surface area contributed by atoms with Crippen molar-refractivity contribution >= 4 is 0 Å². The van der Waals surface area contributed by atoms with Crippen LogP contribution in [0.15, 0.2) is 0 Å². The van der Waals surface area contributed by atoms with Crippen LogP contribution >= 0.6 is 0 Å². The maximum Gasteiger partial charge on any atom is 0.186 e. The average molecular weight is 807 g/mol. The molecule has 4 aliphatic rings. The topological polar surface area (TPSA) is 293 Å². The molecule has 0 bridgehead atoms. The lowest BCUT2D eigenvalue weighted by Crippen LogP contribution is -2.64. The molecular weight excluding hydrogens is 744 g/mol. The molecule has 0 radical (unpaired) electrons. The van der Waals surface area contributed by atoms with Crippen LogP contribution in [0.1, 0.15) is 33.6 Å². The molecule has 0 aromatic heterocycles. The van der Waals surface area contributed by atoms with E-state index >= 15 is 0 Å². The molecule has 0 unspecified atom stereocenters. The number of aliphatic hydroxyl groups is 9. The molecule has 9 N–H and O–H groups in total. The van der Waals surface area contributed by atoms with Gasteiger partial charge in [0.15, 0.2) is 25.2 Å². The number of rotatable bonds is 20. The minimum Gasteiger partial charge on any atom is -0.387 e. The van der Waals surface area contributed by atoms with Crippen molar-refractivity contribution < 1.29 is 103 Å². The van der Waals surface area contributed by atoms with Crippen molar-refractivity contribution in [2.75, 3.05) is 60.5 Å². The van der Waals surface area contributed by atoms with E-state index in [1.807, 2.05) is 13.8 Å². The first-order chi connectivity index (χ1) is 26.3. The van der Waals surface area contributed by atoms with Gasteiger partial charge in [0.25, 0.3) is 0 Å². The third-order valence-electron chi connectivity index (χ3n) is 9.82. The predicted octanol–water partition coefficient (Wildman–Crippen LogP) is -4.53. The molecule has 4 rings (SSSR count). The molecule has 0 aromatic carbocycles. The second-order valence-corrected chi connectivity index (χ2v) is 13.9. The lowest BCUT2D eigenvalue weighted by atomic mass is 9.97. The normalized spacial score (nSPS) is 45.5. The van der Waals surface area contributed by atoms with Crippen LogP contribution in [0.5, 0.6) is 0 Å². The fourth-order valence-corrected chi connectivity index (χ4v) is 6.83. The number of aliphatic hydroxyl groups excluding tert-OH is 9. The molecular formula is C34H62O21. The smallest absolute Gasteiger partial charge is 0.186 e. The molecule has 0 aromatic rings. The first kappa shape index (κ1) is 46.8. The van der Waals surface area contributed by atoms with Gasteiger partial charge in [-0.3, -0.25) is 0 Å². The number of methoxy groups -OCH3 is 2. The summed E-state index contributed by atoms with van der Waals surface area (Å²) >= 11 is 0. The van der Waals surface area contributed by atoms with Gasteiger partial charge in [-0.05, 0) is 19.8 Å². The molecule has 0 amide bonds. The zero-order chi connectivity index (χ0) is 40.4. The summed E-state index contributed by atoms with van der Waals surface area (Å²) in [5.74, 6) is 0. The molecule has 4 aliphatic heterocycles. The van der Waals surface area contributed by atoms with Crippen LogP contribution in [-0.4, -0.2) is 229 Å². The van der Waals surface area contributed by atoms with Gasteiger partial charge in [0.2, 0.25) is 0 Å². The Labute approximate surface area is 319 Å². The molecule has 4 fully saturated rings. The zero-order valence-corrected chi connectivity index (χ0v) is 31.8. The minimum atomic E-state index is -1.66. The highest BCUT2D eigenvalue weighted by atomic mass is 16.8. The van der Waals surface area contributed by atoms with Gasteiger partial charge in [-0.25, -0.2) is 0 Å². The highest BCUT2D eigenvalue weighted by Gasteiger charge is 2.51. The lowest BCUT2D eigenvalue weighted by molar-refractivity contribution is -0.351. The Morgan fingerprint density at radius 3 is 1.13 bits per heavy atom. The van der Waals surface area contributed by atoms with Gasteiger partial charge in [0, 0.05) is 34.0 Å². The average Bonchev–Trinajstić information content (AvgIpc) is 3.17. The first-order valence-corrected chi connectivity index (χ1v) is 18.8. The second kappa shape index (κ2) is 22.5. The van der Waals surface area contributed by atoms with Crippen LogP contribution < -0.4 is 0 Å². The van der Waals surface area contributed by atoms with E-state index in [-0.39, 0.29) is 33.0 Å². The summed E-state index contributed by atoms with van der Waals surface area (Å²) in [5.41, 5.74) is 0. The van der Waals surface area contributed by atoms with Crippen LogP contribution in [0.25, 0.3) is 0 Å². The van der Waals surface area contributed by atoms with Gasteiger partial charge in [-0.1, -0.05) is 13.8 Å². The van der Waals surface area contributed by atoms with E-state index in [4.69, 9.17) is 56.8 Å². The van der Waals surface area contributed by atoms with Crippen LogP contribution in [0.4, 0.5) is 0 Å². The summed E-state index contributed by atoms with van der Waals surface area (Å²) in [7, 11) is 2.66.